The van der Waals surface area contributed by atoms with Crippen LogP contribution in [-0.2, 0) is 9.59 Å². The summed E-state index contributed by atoms with van der Waals surface area (Å²) in [6.45, 7) is 2.01. The third-order valence-electron chi connectivity index (χ3n) is 4.41. The van der Waals surface area contributed by atoms with Gasteiger partial charge in [-0.1, -0.05) is 18.2 Å². The average molecular weight is 354 g/mol. The standard InChI is InChI=1S/C19H22N4O3/c1-14(24)23-11-5-10-19(26,13-23)18(25)22-16-8-9-17(20-12-16)21-15-6-3-2-4-7-15/h2-4,6-9,12,26H,5,10-11,13H2,1H3,(H,20,21)(H,22,25). The Morgan fingerprint density at radius 1 is 1.15 bits per heavy atom. The molecule has 0 spiro atoms. The fourth-order valence-corrected chi connectivity index (χ4v) is 2.95. The van der Waals surface area contributed by atoms with E-state index in [1.165, 1.54) is 18.0 Å². The van der Waals surface area contributed by atoms with E-state index in [2.05, 4.69) is 15.6 Å². The number of hydrogen-bond donors (Lipinski definition) is 3. The van der Waals surface area contributed by atoms with E-state index in [1.807, 2.05) is 30.3 Å². The van der Waals surface area contributed by atoms with Gasteiger partial charge in [0.05, 0.1) is 18.4 Å². The summed E-state index contributed by atoms with van der Waals surface area (Å²) in [6.07, 6.45) is 2.43. The van der Waals surface area contributed by atoms with E-state index < -0.39 is 11.5 Å². The lowest BCUT2D eigenvalue weighted by Gasteiger charge is -2.37. The first-order valence-corrected chi connectivity index (χ1v) is 8.54. The largest absolute Gasteiger partial charge is 0.378 e. The molecular formula is C19H22N4O3. The molecule has 7 heteroatoms. The molecule has 1 aliphatic rings. The van der Waals surface area contributed by atoms with E-state index in [-0.39, 0.29) is 12.5 Å². The Hall–Kier alpha value is -2.93. The maximum atomic E-state index is 12.5. The van der Waals surface area contributed by atoms with E-state index in [0.717, 1.165) is 5.69 Å². The first-order chi connectivity index (χ1) is 12.5. The van der Waals surface area contributed by atoms with Crippen LogP contribution in [0.15, 0.2) is 48.7 Å². The van der Waals surface area contributed by atoms with E-state index in [9.17, 15) is 14.7 Å². The van der Waals surface area contributed by atoms with Crippen LogP contribution in [0.4, 0.5) is 17.2 Å². The molecule has 1 aliphatic heterocycles. The molecule has 2 heterocycles. The summed E-state index contributed by atoms with van der Waals surface area (Å²) < 4.78 is 0. The van der Waals surface area contributed by atoms with Crippen LogP contribution >= 0.6 is 0 Å². The summed E-state index contributed by atoms with van der Waals surface area (Å²) in [7, 11) is 0. The Morgan fingerprint density at radius 2 is 1.92 bits per heavy atom. The quantitative estimate of drug-likeness (QED) is 0.782. The van der Waals surface area contributed by atoms with Crippen LogP contribution in [-0.4, -0.2) is 45.5 Å². The van der Waals surface area contributed by atoms with Crippen LogP contribution in [0.25, 0.3) is 0 Å². The summed E-state index contributed by atoms with van der Waals surface area (Å²) in [5, 5.41) is 16.5. The Balaban J connectivity index is 1.63. The van der Waals surface area contributed by atoms with Crippen molar-refractivity contribution >= 4 is 29.0 Å². The zero-order valence-corrected chi connectivity index (χ0v) is 14.6. The molecule has 1 atom stereocenters. The van der Waals surface area contributed by atoms with Crippen molar-refractivity contribution in [1.82, 2.24) is 9.88 Å². The van der Waals surface area contributed by atoms with Crippen LogP contribution in [0.5, 0.6) is 0 Å². The fourth-order valence-electron chi connectivity index (χ4n) is 2.95. The van der Waals surface area contributed by atoms with Crippen LogP contribution in [0.2, 0.25) is 0 Å². The molecular weight excluding hydrogens is 332 g/mol. The zero-order valence-electron chi connectivity index (χ0n) is 14.6. The van der Waals surface area contributed by atoms with Gasteiger partial charge in [-0.05, 0) is 37.1 Å². The second kappa shape index (κ2) is 7.53. The van der Waals surface area contributed by atoms with Crippen molar-refractivity contribution < 1.29 is 14.7 Å². The normalized spacial score (nSPS) is 19.7. The number of amides is 2. The minimum Gasteiger partial charge on any atom is -0.378 e. The van der Waals surface area contributed by atoms with Gasteiger partial charge in [-0.15, -0.1) is 0 Å². The first kappa shape index (κ1) is 17.9. The number of nitrogens with zero attached hydrogens (tertiary/aromatic N) is 2. The van der Waals surface area contributed by atoms with E-state index >= 15 is 0 Å². The van der Waals surface area contributed by atoms with Crippen LogP contribution in [0.1, 0.15) is 19.8 Å². The highest BCUT2D eigenvalue weighted by molar-refractivity contribution is 5.97. The van der Waals surface area contributed by atoms with E-state index in [4.69, 9.17) is 0 Å². The van der Waals surface area contributed by atoms with Gasteiger partial charge in [0.1, 0.15) is 5.82 Å². The number of carbonyl (C=O) groups is 2. The summed E-state index contributed by atoms with van der Waals surface area (Å²) in [4.78, 5) is 29.8. The maximum absolute atomic E-state index is 12.5. The molecule has 1 fully saturated rings. The van der Waals surface area contributed by atoms with Gasteiger partial charge in [-0.2, -0.15) is 0 Å². The molecule has 136 valence electrons. The van der Waals surface area contributed by atoms with E-state index in [1.54, 1.807) is 12.1 Å². The van der Waals surface area contributed by atoms with Gasteiger partial charge in [0, 0.05) is 19.2 Å². The molecule has 1 saturated heterocycles. The van der Waals surface area contributed by atoms with Crippen LogP contribution in [0, 0.1) is 0 Å². The Kier molecular flexibility index (Phi) is 5.18. The fraction of sp³-hybridized carbons (Fsp3) is 0.316. The van der Waals surface area contributed by atoms with Crippen molar-refractivity contribution in [2.24, 2.45) is 0 Å². The average Bonchev–Trinajstić information content (AvgIpc) is 2.64. The molecule has 0 saturated carbocycles. The molecule has 7 nitrogen and oxygen atoms in total. The van der Waals surface area contributed by atoms with Crippen molar-refractivity contribution in [1.29, 1.82) is 0 Å². The van der Waals surface area contributed by atoms with Crippen molar-refractivity contribution in [3.05, 3.63) is 48.7 Å². The van der Waals surface area contributed by atoms with Crippen LogP contribution < -0.4 is 10.6 Å². The Labute approximate surface area is 152 Å². The molecule has 1 aromatic heterocycles. The van der Waals surface area contributed by atoms with Gasteiger partial charge < -0.3 is 20.6 Å². The summed E-state index contributed by atoms with van der Waals surface area (Å²) in [5.41, 5.74) is -0.176. The van der Waals surface area contributed by atoms with Crippen LogP contribution in [0.3, 0.4) is 0 Å². The van der Waals surface area contributed by atoms with Gasteiger partial charge in [0.25, 0.3) is 5.91 Å². The predicted octanol–water partition coefficient (Wildman–Crippen LogP) is 2.14. The number of aromatic nitrogens is 1. The first-order valence-electron chi connectivity index (χ1n) is 8.54. The highest BCUT2D eigenvalue weighted by Crippen LogP contribution is 2.23. The minimum atomic E-state index is -1.58. The van der Waals surface area contributed by atoms with Crippen molar-refractivity contribution in [2.75, 3.05) is 23.7 Å². The number of benzene rings is 1. The van der Waals surface area contributed by atoms with Crippen molar-refractivity contribution in [3.8, 4) is 0 Å². The summed E-state index contributed by atoms with van der Waals surface area (Å²) >= 11 is 0. The number of aliphatic hydroxyl groups is 1. The zero-order chi connectivity index (χ0) is 18.6. The second-order valence-electron chi connectivity index (χ2n) is 6.45. The highest BCUT2D eigenvalue weighted by Gasteiger charge is 2.41. The van der Waals surface area contributed by atoms with Gasteiger partial charge in [-0.25, -0.2) is 4.98 Å². The summed E-state index contributed by atoms with van der Waals surface area (Å²) in [6, 6.07) is 13.1. The number of carbonyl (C=O) groups excluding carboxylic acids is 2. The number of anilines is 3. The van der Waals surface area contributed by atoms with Crippen molar-refractivity contribution in [3.63, 3.8) is 0 Å². The highest BCUT2D eigenvalue weighted by atomic mass is 16.3. The molecule has 1 unspecified atom stereocenters. The number of para-hydroxylation sites is 1. The number of hydrogen-bond acceptors (Lipinski definition) is 5. The third-order valence-corrected chi connectivity index (χ3v) is 4.41. The topological polar surface area (TPSA) is 94.6 Å². The van der Waals surface area contributed by atoms with Gasteiger partial charge >= 0.3 is 0 Å². The molecule has 3 N–H and O–H groups in total. The molecule has 0 bridgehead atoms. The molecule has 0 radical (unpaired) electrons. The smallest absolute Gasteiger partial charge is 0.258 e. The van der Waals surface area contributed by atoms with Crippen molar-refractivity contribution in [2.45, 2.75) is 25.4 Å². The maximum Gasteiger partial charge on any atom is 0.258 e. The van der Waals surface area contributed by atoms with Gasteiger partial charge in [0.15, 0.2) is 5.60 Å². The molecule has 0 aliphatic carbocycles. The Bertz CT molecular complexity index is 779. The SMILES string of the molecule is CC(=O)N1CCCC(O)(C(=O)Nc2ccc(Nc3ccccc3)nc2)C1. The number of nitrogens with one attached hydrogen (secondary N) is 2. The number of rotatable bonds is 4. The predicted molar refractivity (Wildman–Crippen MR) is 99.0 cm³/mol. The minimum absolute atomic E-state index is 0.00917. The molecule has 2 aromatic rings. The molecule has 26 heavy (non-hydrogen) atoms. The molecule has 3 rings (SSSR count). The number of β-amino-alcohol motifs (C(OH)–C–C–N with tert-alkyl or cyclic N) is 1. The van der Waals surface area contributed by atoms with E-state index in [0.29, 0.717) is 30.9 Å². The Morgan fingerprint density at radius 3 is 2.58 bits per heavy atom. The number of pyridine rings is 1. The van der Waals surface area contributed by atoms with Gasteiger partial charge in [0.2, 0.25) is 5.91 Å². The lowest BCUT2D eigenvalue weighted by atomic mass is 9.91. The molecule has 1 aromatic carbocycles. The number of piperidine rings is 1. The lowest BCUT2D eigenvalue weighted by Crippen LogP contribution is -2.56. The van der Waals surface area contributed by atoms with Gasteiger partial charge in [-0.3, -0.25) is 9.59 Å². The summed E-state index contributed by atoms with van der Waals surface area (Å²) in [5.74, 6) is -0.0173. The lowest BCUT2D eigenvalue weighted by molar-refractivity contribution is -0.146. The third kappa shape index (κ3) is 4.18. The number of likely N-dealkylation sites (tertiary alicyclic amines) is 1. The second-order valence-corrected chi connectivity index (χ2v) is 6.45. The monoisotopic (exact) mass is 354 g/mol. The molecule has 2 amide bonds.